The molecule has 4 N–H and O–H groups in total. The van der Waals surface area contributed by atoms with E-state index in [1.165, 1.54) is 0 Å². The van der Waals surface area contributed by atoms with E-state index < -0.39 is 35.2 Å². The lowest BCUT2D eigenvalue weighted by molar-refractivity contribution is -0.136. The molecule has 4 amide bonds. The fourth-order valence-electron chi connectivity index (χ4n) is 2.89. The van der Waals surface area contributed by atoms with Crippen LogP contribution in [0.1, 0.15) is 22.7 Å². The number of amides is 4. The first kappa shape index (κ1) is 16.2. The Morgan fingerprint density at radius 1 is 1.04 bits per heavy atom. The molecule has 1 unspecified atom stereocenters. The number of hydrogen-bond acceptors (Lipinski definition) is 4. The van der Waals surface area contributed by atoms with E-state index in [2.05, 4.69) is 36.8 Å². The maximum absolute atomic E-state index is 12.3. The molecule has 1 atom stereocenters. The van der Waals surface area contributed by atoms with Crippen LogP contribution in [0.3, 0.4) is 0 Å². The predicted octanol–water partition coefficient (Wildman–Crippen LogP) is 0.888. The molecule has 0 radical (unpaired) electrons. The first-order chi connectivity index (χ1) is 11.4. The van der Waals surface area contributed by atoms with Gasteiger partial charge in [-0.15, -0.1) is 0 Å². The van der Waals surface area contributed by atoms with Gasteiger partial charge in [-0.2, -0.15) is 0 Å². The summed E-state index contributed by atoms with van der Waals surface area (Å²) in [5.41, 5.74) is 0.970. The molecule has 1 saturated heterocycles. The van der Waals surface area contributed by atoms with Crippen molar-refractivity contribution in [1.29, 1.82) is 0 Å². The Kier molecular flexibility index (Phi) is 4.10. The van der Waals surface area contributed by atoms with Gasteiger partial charge in [0.15, 0.2) is 0 Å². The molecular formula is C15H13BrN4O4. The minimum atomic E-state index is -1.24. The van der Waals surface area contributed by atoms with E-state index in [0.29, 0.717) is 11.3 Å². The average molecular weight is 393 g/mol. The van der Waals surface area contributed by atoms with Crippen molar-refractivity contribution in [1.82, 2.24) is 20.8 Å². The first-order valence-electron chi connectivity index (χ1n) is 7.06. The Hall–Kier alpha value is -2.68. The second-order valence-corrected chi connectivity index (χ2v) is 6.35. The molecule has 24 heavy (non-hydrogen) atoms. The van der Waals surface area contributed by atoms with Crippen LogP contribution in [0.15, 0.2) is 33.5 Å². The minimum absolute atomic E-state index is 0.276. The highest BCUT2D eigenvalue weighted by Gasteiger charge is 2.43. The van der Waals surface area contributed by atoms with Gasteiger partial charge in [0.05, 0.1) is 0 Å². The maximum atomic E-state index is 12.3. The number of benzene rings is 1. The molecule has 0 aliphatic carbocycles. The van der Waals surface area contributed by atoms with Gasteiger partial charge in [0, 0.05) is 21.6 Å². The van der Waals surface area contributed by atoms with Crippen molar-refractivity contribution in [3.05, 3.63) is 55.9 Å². The number of aromatic amines is 2. The van der Waals surface area contributed by atoms with Crippen molar-refractivity contribution in [2.45, 2.75) is 12.8 Å². The minimum Gasteiger partial charge on any atom is -0.302 e. The van der Waals surface area contributed by atoms with Crippen LogP contribution in [0.25, 0.3) is 0 Å². The van der Waals surface area contributed by atoms with Crippen molar-refractivity contribution in [2.24, 2.45) is 5.92 Å². The zero-order valence-electron chi connectivity index (χ0n) is 12.5. The molecule has 9 heteroatoms. The Labute approximate surface area is 144 Å². The van der Waals surface area contributed by atoms with Crippen LogP contribution in [0, 0.1) is 12.8 Å². The van der Waals surface area contributed by atoms with Crippen LogP contribution in [-0.2, 0) is 9.59 Å². The van der Waals surface area contributed by atoms with Gasteiger partial charge in [-0.1, -0.05) is 28.1 Å². The van der Waals surface area contributed by atoms with Gasteiger partial charge in [-0.05, 0) is 24.6 Å². The molecule has 2 heterocycles. The fraction of sp³-hybridized carbons (Fsp3) is 0.200. The zero-order chi connectivity index (χ0) is 17.4. The highest BCUT2D eigenvalue weighted by Crippen LogP contribution is 2.34. The molecule has 8 nitrogen and oxygen atoms in total. The largest absolute Gasteiger partial charge is 0.328 e. The van der Waals surface area contributed by atoms with E-state index >= 15 is 0 Å². The lowest BCUT2D eigenvalue weighted by Crippen LogP contribution is -2.57. The van der Waals surface area contributed by atoms with E-state index in [0.717, 1.165) is 4.47 Å². The third-order valence-corrected chi connectivity index (χ3v) is 4.40. The lowest BCUT2D eigenvalue weighted by atomic mass is 9.79. The molecule has 2 aromatic rings. The molecule has 0 spiro atoms. The van der Waals surface area contributed by atoms with Crippen LogP contribution in [0.4, 0.5) is 4.79 Å². The van der Waals surface area contributed by atoms with Crippen molar-refractivity contribution < 1.29 is 14.4 Å². The fourth-order valence-corrected chi connectivity index (χ4v) is 3.31. The summed E-state index contributed by atoms with van der Waals surface area (Å²) in [6.45, 7) is 1.67. The van der Waals surface area contributed by atoms with Crippen molar-refractivity contribution in [3.63, 3.8) is 0 Å². The molecule has 0 bridgehead atoms. The van der Waals surface area contributed by atoms with E-state index in [1.807, 2.05) is 0 Å². The summed E-state index contributed by atoms with van der Waals surface area (Å²) in [6, 6.07) is 6.12. The van der Waals surface area contributed by atoms with Crippen molar-refractivity contribution in [3.8, 4) is 0 Å². The highest BCUT2D eigenvalue weighted by atomic mass is 79.9. The number of H-pyrrole nitrogens is 2. The molecule has 1 aromatic heterocycles. The van der Waals surface area contributed by atoms with Gasteiger partial charge in [-0.25, -0.2) is 4.79 Å². The van der Waals surface area contributed by atoms with E-state index in [1.54, 1.807) is 31.2 Å². The predicted molar refractivity (Wildman–Crippen MR) is 87.3 cm³/mol. The summed E-state index contributed by atoms with van der Waals surface area (Å²) < 4.78 is 0.738. The molecule has 1 aliphatic heterocycles. The molecule has 1 aliphatic rings. The van der Waals surface area contributed by atoms with Gasteiger partial charge in [0.2, 0.25) is 11.8 Å². The number of nitrogens with one attached hydrogen (secondary N) is 4. The summed E-state index contributed by atoms with van der Waals surface area (Å²) in [7, 11) is 0. The first-order valence-corrected chi connectivity index (χ1v) is 7.86. The third kappa shape index (κ3) is 2.78. The molecule has 1 aromatic carbocycles. The normalized spacial score (nSPS) is 16.7. The number of rotatable bonds is 3. The number of barbiturate groups is 1. The highest BCUT2D eigenvalue weighted by molar-refractivity contribution is 9.10. The Balaban J connectivity index is 2.19. The number of urea groups is 1. The average Bonchev–Trinajstić information content (AvgIpc) is 2.82. The maximum Gasteiger partial charge on any atom is 0.328 e. The number of hydrogen-bond donors (Lipinski definition) is 4. The summed E-state index contributed by atoms with van der Waals surface area (Å²) in [6.07, 6.45) is 0. The SMILES string of the molecule is Cc1[nH][nH]c(=O)c1C(c1cccc(Br)c1)C1C(=O)NC(=O)NC1=O. The number of aromatic nitrogens is 2. The molecule has 124 valence electrons. The van der Waals surface area contributed by atoms with Crippen LogP contribution in [0.5, 0.6) is 0 Å². The second kappa shape index (κ2) is 6.08. The second-order valence-electron chi connectivity index (χ2n) is 5.44. The quantitative estimate of drug-likeness (QED) is 0.578. The van der Waals surface area contributed by atoms with Crippen LogP contribution >= 0.6 is 15.9 Å². The Morgan fingerprint density at radius 3 is 2.25 bits per heavy atom. The molecule has 1 fully saturated rings. The topological polar surface area (TPSA) is 124 Å². The van der Waals surface area contributed by atoms with Crippen LogP contribution in [0.2, 0.25) is 0 Å². The van der Waals surface area contributed by atoms with Crippen molar-refractivity contribution >= 4 is 33.8 Å². The Bertz CT molecular complexity index is 881. The van der Waals surface area contributed by atoms with E-state index in [-0.39, 0.29) is 5.56 Å². The summed E-state index contributed by atoms with van der Waals surface area (Å²) in [5.74, 6) is -3.57. The summed E-state index contributed by atoms with van der Waals surface area (Å²) >= 11 is 3.35. The third-order valence-electron chi connectivity index (χ3n) is 3.90. The number of aryl methyl sites for hydroxylation is 1. The van der Waals surface area contributed by atoms with Gasteiger partial charge in [0.25, 0.3) is 5.56 Å². The monoisotopic (exact) mass is 392 g/mol. The molecular weight excluding hydrogens is 380 g/mol. The van der Waals surface area contributed by atoms with Gasteiger partial charge >= 0.3 is 6.03 Å². The van der Waals surface area contributed by atoms with Crippen LogP contribution in [-0.4, -0.2) is 28.0 Å². The van der Waals surface area contributed by atoms with Crippen LogP contribution < -0.4 is 16.2 Å². The van der Waals surface area contributed by atoms with E-state index in [4.69, 9.17) is 0 Å². The number of carbonyl (C=O) groups excluding carboxylic acids is 3. The summed E-state index contributed by atoms with van der Waals surface area (Å²) in [4.78, 5) is 48.2. The van der Waals surface area contributed by atoms with E-state index in [9.17, 15) is 19.2 Å². The smallest absolute Gasteiger partial charge is 0.302 e. The molecule has 3 rings (SSSR count). The zero-order valence-corrected chi connectivity index (χ0v) is 14.1. The van der Waals surface area contributed by atoms with Crippen molar-refractivity contribution in [2.75, 3.05) is 0 Å². The van der Waals surface area contributed by atoms with Gasteiger partial charge in [-0.3, -0.25) is 30.1 Å². The molecule has 0 saturated carbocycles. The van der Waals surface area contributed by atoms with Gasteiger partial charge in [0.1, 0.15) is 5.92 Å². The van der Waals surface area contributed by atoms with Gasteiger partial charge < -0.3 is 5.10 Å². The lowest BCUT2D eigenvalue weighted by Gasteiger charge is -2.28. The number of halogens is 1. The number of carbonyl (C=O) groups is 3. The standard InChI is InChI=1S/C15H13BrN4O4/c1-6-9(14(23)20-19-6)10(7-3-2-4-8(16)5-7)11-12(21)17-15(24)18-13(11)22/h2-5,10-11H,1H3,(H2,19,20,23)(H2,17,18,21,22,24). The summed E-state index contributed by atoms with van der Waals surface area (Å²) in [5, 5.41) is 9.32. The Morgan fingerprint density at radius 2 is 1.71 bits per heavy atom. The number of imide groups is 2.